The molecule has 7 nitrogen and oxygen atoms in total. The Bertz CT molecular complexity index is 862. The van der Waals surface area contributed by atoms with Crippen molar-refractivity contribution in [1.82, 2.24) is 0 Å². The van der Waals surface area contributed by atoms with Gasteiger partial charge < -0.3 is 21.1 Å². The summed E-state index contributed by atoms with van der Waals surface area (Å²) in [6.45, 7) is 5.57. The Morgan fingerprint density at radius 3 is 2.44 bits per heavy atom. The minimum atomic E-state index is -0.737. The van der Waals surface area contributed by atoms with E-state index in [1.807, 2.05) is 39.0 Å². The van der Waals surface area contributed by atoms with Gasteiger partial charge in [0.2, 0.25) is 0 Å². The van der Waals surface area contributed by atoms with Crippen molar-refractivity contribution < 1.29 is 19.1 Å². The molecule has 0 saturated heterocycles. The van der Waals surface area contributed by atoms with E-state index in [2.05, 4.69) is 10.6 Å². The van der Waals surface area contributed by atoms with Gasteiger partial charge in [-0.05, 0) is 42.2 Å². The molecule has 7 heteroatoms. The first-order chi connectivity index (χ1) is 12.8. The number of ether oxygens (including phenoxy) is 1. The zero-order valence-corrected chi connectivity index (χ0v) is 15.5. The molecule has 0 atom stereocenters. The maximum atomic E-state index is 12.2. The van der Waals surface area contributed by atoms with Gasteiger partial charge >= 0.3 is 12.0 Å². The highest BCUT2D eigenvalue weighted by molar-refractivity contribution is 5.97. The molecule has 0 fully saturated rings. The Morgan fingerprint density at radius 2 is 1.78 bits per heavy atom. The lowest BCUT2D eigenvalue weighted by atomic mass is 9.98. The number of primary amides is 1. The molecule has 0 aliphatic rings. The van der Waals surface area contributed by atoms with Crippen LogP contribution in [0.2, 0.25) is 0 Å². The highest BCUT2D eigenvalue weighted by Crippen LogP contribution is 2.27. The van der Waals surface area contributed by atoms with Crippen LogP contribution in [0.25, 0.3) is 0 Å². The minimum absolute atomic E-state index is 0.202. The highest BCUT2D eigenvalue weighted by Gasteiger charge is 2.15. The van der Waals surface area contributed by atoms with Crippen molar-refractivity contribution in [3.05, 3.63) is 59.2 Å². The third-order valence-corrected chi connectivity index (χ3v) is 3.89. The van der Waals surface area contributed by atoms with Gasteiger partial charge in [-0.25, -0.2) is 9.59 Å². The van der Waals surface area contributed by atoms with E-state index < -0.39 is 24.5 Å². The molecule has 0 unspecified atom stereocenters. The van der Waals surface area contributed by atoms with Crippen LogP contribution in [0, 0.1) is 6.92 Å². The zero-order chi connectivity index (χ0) is 20.0. The number of nitrogens with one attached hydrogen (secondary N) is 2. The monoisotopic (exact) mass is 369 g/mol. The molecule has 0 heterocycles. The molecule has 2 aromatic carbocycles. The standard InChI is InChI=1S/C20H23N3O4/c1-12(2)16-9-4-6-13(3)18(16)23-17(24)11-27-19(25)14-7-5-8-15(10-14)22-20(21)26/h4-10,12H,11H2,1-3H3,(H,23,24)(H3,21,22,26). The molecule has 2 aromatic rings. The van der Waals surface area contributed by atoms with Crippen LogP contribution in [0.3, 0.4) is 0 Å². The SMILES string of the molecule is Cc1cccc(C(C)C)c1NC(=O)COC(=O)c1cccc(NC(N)=O)c1. The second-order valence-corrected chi connectivity index (χ2v) is 6.39. The van der Waals surface area contributed by atoms with Crippen molar-refractivity contribution in [3.8, 4) is 0 Å². The summed E-state index contributed by atoms with van der Waals surface area (Å²) in [4.78, 5) is 35.2. The first kappa shape index (κ1) is 20.0. The molecular formula is C20H23N3O4. The van der Waals surface area contributed by atoms with Gasteiger partial charge in [0.15, 0.2) is 6.61 Å². The summed E-state index contributed by atoms with van der Waals surface area (Å²) in [6, 6.07) is 11.2. The lowest BCUT2D eigenvalue weighted by Gasteiger charge is -2.16. The van der Waals surface area contributed by atoms with E-state index in [4.69, 9.17) is 10.5 Å². The van der Waals surface area contributed by atoms with Crippen molar-refractivity contribution in [1.29, 1.82) is 0 Å². The first-order valence-corrected chi connectivity index (χ1v) is 8.51. The van der Waals surface area contributed by atoms with E-state index >= 15 is 0 Å². The molecule has 0 aromatic heterocycles. The van der Waals surface area contributed by atoms with E-state index in [0.29, 0.717) is 5.69 Å². The molecule has 142 valence electrons. The third-order valence-electron chi connectivity index (χ3n) is 3.89. The summed E-state index contributed by atoms with van der Waals surface area (Å²) >= 11 is 0. The second kappa shape index (κ2) is 8.84. The number of rotatable bonds is 6. The van der Waals surface area contributed by atoms with Gasteiger partial charge in [-0.3, -0.25) is 4.79 Å². The quantitative estimate of drug-likeness (QED) is 0.678. The van der Waals surface area contributed by atoms with Crippen LogP contribution >= 0.6 is 0 Å². The highest BCUT2D eigenvalue weighted by atomic mass is 16.5. The van der Waals surface area contributed by atoms with E-state index in [1.54, 1.807) is 12.1 Å². The van der Waals surface area contributed by atoms with Gasteiger partial charge in [0, 0.05) is 11.4 Å². The topological polar surface area (TPSA) is 111 Å². The molecule has 0 radical (unpaired) electrons. The lowest BCUT2D eigenvalue weighted by Crippen LogP contribution is -2.22. The van der Waals surface area contributed by atoms with Crippen molar-refractivity contribution in [3.63, 3.8) is 0 Å². The third kappa shape index (κ3) is 5.57. The number of hydrogen-bond donors (Lipinski definition) is 3. The van der Waals surface area contributed by atoms with Crippen LogP contribution in [-0.4, -0.2) is 24.5 Å². The van der Waals surface area contributed by atoms with Crippen LogP contribution in [0.1, 0.15) is 41.3 Å². The van der Waals surface area contributed by atoms with Gasteiger partial charge in [0.05, 0.1) is 5.56 Å². The molecule has 0 aliphatic heterocycles. The van der Waals surface area contributed by atoms with Crippen molar-refractivity contribution in [2.24, 2.45) is 5.73 Å². The number of carbonyl (C=O) groups excluding carboxylic acids is 3. The molecule has 2 rings (SSSR count). The van der Waals surface area contributed by atoms with E-state index in [0.717, 1.165) is 16.8 Å². The Labute approximate surface area is 157 Å². The molecule has 0 saturated carbocycles. The maximum absolute atomic E-state index is 12.2. The molecule has 27 heavy (non-hydrogen) atoms. The summed E-state index contributed by atoms with van der Waals surface area (Å²) in [6.07, 6.45) is 0. The lowest BCUT2D eigenvalue weighted by molar-refractivity contribution is -0.119. The molecule has 3 amide bonds. The van der Waals surface area contributed by atoms with E-state index in [9.17, 15) is 14.4 Å². The van der Waals surface area contributed by atoms with Crippen LogP contribution in [0.15, 0.2) is 42.5 Å². The number of benzene rings is 2. The van der Waals surface area contributed by atoms with Crippen LogP contribution in [0.5, 0.6) is 0 Å². The fourth-order valence-corrected chi connectivity index (χ4v) is 2.60. The number of nitrogens with two attached hydrogens (primary N) is 1. The number of anilines is 2. The van der Waals surface area contributed by atoms with Gasteiger partial charge in [0.1, 0.15) is 0 Å². The normalized spacial score (nSPS) is 10.4. The number of urea groups is 1. The maximum Gasteiger partial charge on any atom is 0.338 e. The van der Waals surface area contributed by atoms with E-state index in [-0.39, 0.29) is 11.5 Å². The van der Waals surface area contributed by atoms with Gasteiger partial charge in [-0.1, -0.05) is 38.1 Å². The molecule has 0 bridgehead atoms. The number of aryl methyl sites for hydroxylation is 1. The van der Waals surface area contributed by atoms with Gasteiger partial charge in [-0.2, -0.15) is 0 Å². The number of para-hydroxylation sites is 1. The van der Waals surface area contributed by atoms with Gasteiger partial charge in [-0.15, -0.1) is 0 Å². The fraction of sp³-hybridized carbons (Fsp3) is 0.250. The van der Waals surface area contributed by atoms with E-state index in [1.165, 1.54) is 12.1 Å². The summed E-state index contributed by atoms with van der Waals surface area (Å²) in [7, 11) is 0. The molecule has 0 aliphatic carbocycles. The zero-order valence-electron chi connectivity index (χ0n) is 15.5. The summed E-state index contributed by atoms with van der Waals surface area (Å²) in [5.41, 5.74) is 8.30. The van der Waals surface area contributed by atoms with Crippen LogP contribution in [0.4, 0.5) is 16.2 Å². The largest absolute Gasteiger partial charge is 0.452 e. The predicted molar refractivity (Wildman–Crippen MR) is 104 cm³/mol. The van der Waals surface area contributed by atoms with Crippen molar-refractivity contribution >= 4 is 29.3 Å². The average molecular weight is 369 g/mol. The number of carbonyl (C=O) groups is 3. The van der Waals surface area contributed by atoms with Gasteiger partial charge in [0.25, 0.3) is 5.91 Å². The number of hydrogen-bond acceptors (Lipinski definition) is 4. The van der Waals surface area contributed by atoms with Crippen LogP contribution < -0.4 is 16.4 Å². The Kier molecular flexibility index (Phi) is 6.54. The summed E-state index contributed by atoms with van der Waals surface area (Å²) in [5, 5.41) is 5.19. The Balaban J connectivity index is 2.00. The summed E-state index contributed by atoms with van der Waals surface area (Å²) in [5.74, 6) is -0.860. The summed E-state index contributed by atoms with van der Waals surface area (Å²) < 4.78 is 5.07. The predicted octanol–water partition coefficient (Wildman–Crippen LogP) is 3.40. The minimum Gasteiger partial charge on any atom is -0.452 e. The number of amides is 3. The first-order valence-electron chi connectivity index (χ1n) is 8.51. The van der Waals surface area contributed by atoms with Crippen LogP contribution in [-0.2, 0) is 9.53 Å². The Hall–Kier alpha value is -3.35. The molecule has 4 N–H and O–H groups in total. The van der Waals surface area contributed by atoms with Crippen molar-refractivity contribution in [2.75, 3.05) is 17.2 Å². The average Bonchev–Trinajstić information content (AvgIpc) is 2.60. The fourth-order valence-electron chi connectivity index (χ4n) is 2.60. The smallest absolute Gasteiger partial charge is 0.338 e. The number of esters is 1. The van der Waals surface area contributed by atoms with Crippen molar-refractivity contribution in [2.45, 2.75) is 26.7 Å². The molecule has 0 spiro atoms. The Morgan fingerprint density at radius 1 is 1.07 bits per heavy atom. The second-order valence-electron chi connectivity index (χ2n) is 6.39. The molecular weight excluding hydrogens is 346 g/mol.